The van der Waals surface area contributed by atoms with Gasteiger partial charge in [0.05, 0.1) is 12.1 Å². The van der Waals surface area contributed by atoms with Gasteiger partial charge in [-0.15, -0.1) is 0 Å². The third kappa shape index (κ3) is 2.70. The SMILES string of the molecule is [N-]=[N+]=NCC#Cc1cc(N)ccc1F. The summed E-state index contributed by atoms with van der Waals surface area (Å²) in [6, 6.07) is 4.12. The van der Waals surface area contributed by atoms with E-state index in [1.165, 1.54) is 18.2 Å². The number of azide groups is 1. The smallest absolute Gasteiger partial charge is 0.138 e. The van der Waals surface area contributed by atoms with E-state index in [2.05, 4.69) is 21.9 Å². The Bertz CT molecular complexity index is 438. The normalized spacial score (nSPS) is 8.36. The van der Waals surface area contributed by atoms with E-state index in [1.54, 1.807) is 0 Å². The van der Waals surface area contributed by atoms with Crippen LogP contribution in [0.15, 0.2) is 23.3 Å². The molecule has 0 aliphatic heterocycles. The predicted octanol–water partition coefficient (Wildman–Crippen LogP) is 2.07. The molecule has 0 saturated carbocycles. The molecule has 2 N–H and O–H groups in total. The first kappa shape index (κ1) is 9.90. The Hall–Kier alpha value is -2.18. The first-order valence-corrected chi connectivity index (χ1v) is 3.79. The molecule has 1 aromatic rings. The summed E-state index contributed by atoms with van der Waals surface area (Å²) < 4.78 is 13.0. The lowest BCUT2D eigenvalue weighted by molar-refractivity contribution is 0.624. The summed E-state index contributed by atoms with van der Waals surface area (Å²) >= 11 is 0. The lowest BCUT2D eigenvalue weighted by atomic mass is 10.2. The summed E-state index contributed by atoms with van der Waals surface area (Å²) in [6.45, 7) is 0.0186. The fourth-order valence-electron chi connectivity index (χ4n) is 0.840. The summed E-state index contributed by atoms with van der Waals surface area (Å²) in [5.74, 6) is 4.59. The van der Waals surface area contributed by atoms with E-state index in [4.69, 9.17) is 11.3 Å². The van der Waals surface area contributed by atoms with E-state index in [0.29, 0.717) is 5.69 Å². The fourth-order valence-corrected chi connectivity index (χ4v) is 0.840. The summed E-state index contributed by atoms with van der Waals surface area (Å²) in [5, 5.41) is 3.19. The number of anilines is 1. The van der Waals surface area contributed by atoms with Gasteiger partial charge < -0.3 is 5.73 Å². The third-order valence-electron chi connectivity index (χ3n) is 1.43. The van der Waals surface area contributed by atoms with Gasteiger partial charge >= 0.3 is 0 Å². The van der Waals surface area contributed by atoms with Gasteiger partial charge in [0, 0.05) is 10.6 Å². The van der Waals surface area contributed by atoms with Crippen LogP contribution in [0.5, 0.6) is 0 Å². The van der Waals surface area contributed by atoms with Crippen LogP contribution in [0.25, 0.3) is 10.4 Å². The molecule has 4 nitrogen and oxygen atoms in total. The van der Waals surface area contributed by atoms with Crippen LogP contribution in [0, 0.1) is 17.7 Å². The van der Waals surface area contributed by atoms with E-state index in [0.717, 1.165) is 0 Å². The number of benzene rings is 1. The highest BCUT2D eigenvalue weighted by molar-refractivity contribution is 5.47. The Morgan fingerprint density at radius 3 is 3.07 bits per heavy atom. The van der Waals surface area contributed by atoms with E-state index < -0.39 is 5.82 Å². The average molecular weight is 190 g/mol. The predicted molar refractivity (Wildman–Crippen MR) is 51.7 cm³/mol. The minimum atomic E-state index is -0.437. The van der Waals surface area contributed by atoms with Crippen molar-refractivity contribution in [2.24, 2.45) is 5.11 Å². The molecule has 0 atom stereocenters. The van der Waals surface area contributed by atoms with Crippen LogP contribution in [0.1, 0.15) is 5.56 Å². The van der Waals surface area contributed by atoms with Gasteiger partial charge in [0.15, 0.2) is 0 Å². The van der Waals surface area contributed by atoms with Crippen molar-refractivity contribution in [1.82, 2.24) is 0 Å². The molecule has 0 unspecified atom stereocenters. The highest BCUT2D eigenvalue weighted by atomic mass is 19.1. The maximum Gasteiger partial charge on any atom is 0.138 e. The van der Waals surface area contributed by atoms with E-state index in [1.807, 2.05) is 0 Å². The maximum atomic E-state index is 13.0. The standard InChI is InChI=1S/C9H7FN4/c10-9-4-3-8(11)6-7(9)2-1-5-13-14-12/h3-4,6H,5,11H2. The molecule has 0 aliphatic rings. The molecule has 0 spiro atoms. The van der Waals surface area contributed by atoms with Crippen molar-refractivity contribution >= 4 is 5.69 Å². The second kappa shape index (κ2) is 4.75. The van der Waals surface area contributed by atoms with E-state index >= 15 is 0 Å². The van der Waals surface area contributed by atoms with Crippen LogP contribution < -0.4 is 5.73 Å². The molecule has 0 radical (unpaired) electrons. The zero-order valence-electron chi connectivity index (χ0n) is 7.24. The number of hydrogen-bond donors (Lipinski definition) is 1. The maximum absolute atomic E-state index is 13.0. The molecular formula is C9H7FN4. The Morgan fingerprint density at radius 2 is 2.36 bits per heavy atom. The van der Waals surface area contributed by atoms with Crippen LogP contribution in [0.3, 0.4) is 0 Å². The highest BCUT2D eigenvalue weighted by Gasteiger charge is 1.97. The van der Waals surface area contributed by atoms with Crippen molar-refractivity contribution in [3.8, 4) is 11.8 Å². The van der Waals surface area contributed by atoms with Crippen molar-refractivity contribution in [2.45, 2.75) is 0 Å². The lowest BCUT2D eigenvalue weighted by Gasteiger charge is -1.95. The Labute approximate surface area is 80.2 Å². The molecule has 0 heterocycles. The molecular weight excluding hydrogens is 183 g/mol. The molecule has 0 aromatic heterocycles. The molecule has 70 valence electrons. The first-order chi connectivity index (χ1) is 6.74. The van der Waals surface area contributed by atoms with Gasteiger partial charge in [-0.05, 0) is 23.7 Å². The second-order valence-corrected chi connectivity index (χ2v) is 2.43. The van der Waals surface area contributed by atoms with Gasteiger partial charge in [-0.3, -0.25) is 0 Å². The van der Waals surface area contributed by atoms with Crippen LogP contribution in [-0.4, -0.2) is 6.54 Å². The summed E-state index contributed by atoms with van der Waals surface area (Å²) in [4.78, 5) is 2.51. The van der Waals surface area contributed by atoms with Gasteiger partial charge in [0.2, 0.25) is 0 Å². The minimum Gasteiger partial charge on any atom is -0.399 e. The van der Waals surface area contributed by atoms with E-state index in [-0.39, 0.29) is 12.1 Å². The van der Waals surface area contributed by atoms with Crippen molar-refractivity contribution < 1.29 is 4.39 Å². The van der Waals surface area contributed by atoms with Gasteiger partial charge in [0.1, 0.15) is 5.82 Å². The number of nitrogens with zero attached hydrogens (tertiary/aromatic N) is 3. The zero-order chi connectivity index (χ0) is 10.4. The summed E-state index contributed by atoms with van der Waals surface area (Å²) in [5.41, 5.74) is 14.1. The van der Waals surface area contributed by atoms with Crippen LogP contribution in [0.4, 0.5) is 10.1 Å². The van der Waals surface area contributed by atoms with Gasteiger partial charge in [-0.25, -0.2) is 4.39 Å². The number of nitrogen functional groups attached to an aromatic ring is 1. The molecule has 0 aliphatic carbocycles. The Morgan fingerprint density at radius 1 is 1.57 bits per heavy atom. The van der Waals surface area contributed by atoms with Crippen LogP contribution >= 0.6 is 0 Å². The molecule has 1 aromatic carbocycles. The lowest BCUT2D eigenvalue weighted by Crippen LogP contribution is -1.89. The largest absolute Gasteiger partial charge is 0.399 e. The molecule has 0 amide bonds. The Kier molecular flexibility index (Phi) is 3.36. The molecule has 0 saturated heterocycles. The number of hydrogen-bond acceptors (Lipinski definition) is 2. The van der Waals surface area contributed by atoms with Gasteiger partial charge in [0.25, 0.3) is 0 Å². The summed E-state index contributed by atoms with van der Waals surface area (Å²) in [7, 11) is 0. The van der Waals surface area contributed by atoms with Crippen molar-refractivity contribution in [3.05, 3.63) is 40.0 Å². The molecule has 14 heavy (non-hydrogen) atoms. The van der Waals surface area contributed by atoms with Crippen molar-refractivity contribution in [3.63, 3.8) is 0 Å². The van der Waals surface area contributed by atoms with Gasteiger partial charge in [-0.2, -0.15) is 0 Å². The number of halogens is 1. The Balaban J connectivity index is 2.88. The van der Waals surface area contributed by atoms with E-state index in [9.17, 15) is 4.39 Å². The zero-order valence-corrected chi connectivity index (χ0v) is 7.24. The first-order valence-electron chi connectivity index (χ1n) is 3.79. The number of rotatable bonds is 1. The molecule has 1 rings (SSSR count). The highest BCUT2D eigenvalue weighted by Crippen LogP contribution is 2.10. The monoisotopic (exact) mass is 190 g/mol. The second-order valence-electron chi connectivity index (χ2n) is 2.43. The topological polar surface area (TPSA) is 74.8 Å². The van der Waals surface area contributed by atoms with Crippen LogP contribution in [0.2, 0.25) is 0 Å². The quantitative estimate of drug-likeness (QED) is 0.238. The number of nitrogens with two attached hydrogens (primary N) is 1. The molecule has 5 heteroatoms. The van der Waals surface area contributed by atoms with Crippen LogP contribution in [-0.2, 0) is 0 Å². The van der Waals surface area contributed by atoms with Gasteiger partial charge in [-0.1, -0.05) is 17.0 Å². The molecule has 0 fully saturated rings. The fraction of sp³-hybridized carbons (Fsp3) is 0.111. The minimum absolute atomic E-state index is 0.0186. The summed E-state index contributed by atoms with van der Waals surface area (Å²) in [6.07, 6.45) is 0. The molecule has 0 bridgehead atoms. The third-order valence-corrected chi connectivity index (χ3v) is 1.43. The average Bonchev–Trinajstić information content (AvgIpc) is 2.18. The van der Waals surface area contributed by atoms with Crippen molar-refractivity contribution in [2.75, 3.05) is 12.3 Å². The van der Waals surface area contributed by atoms with Crippen molar-refractivity contribution in [1.29, 1.82) is 0 Å².